The van der Waals surface area contributed by atoms with Gasteiger partial charge in [0.25, 0.3) is 0 Å². The lowest BCUT2D eigenvalue weighted by Gasteiger charge is -2.24. The molecule has 0 heterocycles. The summed E-state index contributed by atoms with van der Waals surface area (Å²) in [5.41, 5.74) is 2.84. The van der Waals surface area contributed by atoms with Crippen LogP contribution in [0, 0.1) is 0 Å². The molecule has 1 N–H and O–H groups in total. The Morgan fingerprint density at radius 1 is 1.06 bits per heavy atom. The number of thioether (sulfide) groups is 1. The maximum Gasteiger partial charge on any atom is 0.240 e. The van der Waals surface area contributed by atoms with Gasteiger partial charge in [-0.3, -0.25) is 4.79 Å². The Labute approximate surface area is 190 Å². The SMILES string of the molecule is CSCCC(NS(=O)(=O)/C=C/c1ccccc1)C(=O)N(C)Cc1ccc(N(C)C)cc1. The highest BCUT2D eigenvalue weighted by Crippen LogP contribution is 2.15. The molecule has 0 saturated heterocycles. The highest BCUT2D eigenvalue weighted by Gasteiger charge is 2.25. The first kappa shape index (κ1) is 25.0. The van der Waals surface area contributed by atoms with Gasteiger partial charge >= 0.3 is 0 Å². The quantitative estimate of drug-likeness (QED) is 0.555. The highest BCUT2D eigenvalue weighted by atomic mass is 32.2. The topological polar surface area (TPSA) is 69.7 Å². The van der Waals surface area contributed by atoms with E-state index in [1.165, 1.54) is 6.08 Å². The van der Waals surface area contributed by atoms with Crippen molar-refractivity contribution in [1.82, 2.24) is 9.62 Å². The number of nitrogens with one attached hydrogen (secondary N) is 1. The van der Waals surface area contributed by atoms with Crippen LogP contribution in [0.4, 0.5) is 5.69 Å². The number of likely N-dealkylation sites (N-methyl/N-ethyl adjacent to an activating group) is 1. The Hall–Kier alpha value is -2.29. The molecule has 0 spiro atoms. The summed E-state index contributed by atoms with van der Waals surface area (Å²) in [6.45, 7) is 0.407. The van der Waals surface area contributed by atoms with E-state index in [1.54, 1.807) is 23.7 Å². The predicted octanol–water partition coefficient (Wildman–Crippen LogP) is 3.42. The van der Waals surface area contributed by atoms with Crippen LogP contribution in [-0.4, -0.2) is 58.4 Å². The maximum absolute atomic E-state index is 13.0. The van der Waals surface area contributed by atoms with Gasteiger partial charge in [0.2, 0.25) is 15.9 Å². The second-order valence-corrected chi connectivity index (χ2v) is 10.0. The monoisotopic (exact) mass is 461 g/mol. The normalized spacial score (nSPS) is 12.6. The fourth-order valence-electron chi connectivity index (χ4n) is 2.96. The van der Waals surface area contributed by atoms with Gasteiger partial charge in [-0.15, -0.1) is 0 Å². The summed E-state index contributed by atoms with van der Waals surface area (Å²) >= 11 is 1.58. The van der Waals surface area contributed by atoms with E-state index in [2.05, 4.69) is 4.72 Å². The van der Waals surface area contributed by atoms with Crippen molar-refractivity contribution < 1.29 is 13.2 Å². The number of nitrogens with zero attached hydrogens (tertiary/aromatic N) is 2. The molecule has 2 aromatic rings. The number of carbonyl (C=O) groups is 1. The van der Waals surface area contributed by atoms with E-state index < -0.39 is 16.1 Å². The highest BCUT2D eigenvalue weighted by molar-refractivity contribution is 7.98. The standard InChI is InChI=1S/C23H31N3O3S2/c1-25(2)21-12-10-20(11-13-21)18-26(3)23(27)22(14-16-30-4)24-31(28,29)17-15-19-8-6-5-7-9-19/h5-13,15,17,22,24H,14,16,18H2,1-4H3/b17-15+. The molecule has 1 amide bonds. The van der Waals surface area contributed by atoms with Gasteiger partial charge in [-0.05, 0) is 47.8 Å². The number of benzene rings is 2. The van der Waals surface area contributed by atoms with Gasteiger partial charge in [0.05, 0.1) is 0 Å². The molecule has 2 aromatic carbocycles. The molecule has 1 atom stereocenters. The van der Waals surface area contributed by atoms with E-state index >= 15 is 0 Å². The third kappa shape index (κ3) is 8.40. The molecule has 0 radical (unpaired) electrons. The second kappa shape index (κ2) is 11.9. The van der Waals surface area contributed by atoms with Gasteiger partial charge < -0.3 is 9.80 Å². The first-order chi connectivity index (χ1) is 14.7. The zero-order chi connectivity index (χ0) is 22.9. The molecule has 0 aliphatic rings. The van der Waals surface area contributed by atoms with E-state index in [9.17, 15) is 13.2 Å². The molecule has 0 saturated carbocycles. The smallest absolute Gasteiger partial charge is 0.240 e. The Morgan fingerprint density at radius 3 is 2.29 bits per heavy atom. The number of carbonyl (C=O) groups excluding carboxylic acids is 1. The molecule has 1 unspecified atom stereocenters. The summed E-state index contributed by atoms with van der Waals surface area (Å²) in [6, 6.07) is 16.3. The summed E-state index contributed by atoms with van der Waals surface area (Å²) in [5, 5.41) is 1.11. The lowest BCUT2D eigenvalue weighted by molar-refractivity contribution is -0.132. The van der Waals surface area contributed by atoms with Crippen molar-refractivity contribution in [2.45, 2.75) is 19.0 Å². The Bertz CT molecular complexity index is 959. The van der Waals surface area contributed by atoms with Crippen LogP contribution in [0.2, 0.25) is 0 Å². The minimum atomic E-state index is -3.77. The summed E-state index contributed by atoms with van der Waals surface area (Å²) in [4.78, 5) is 16.6. The summed E-state index contributed by atoms with van der Waals surface area (Å²) in [5.74, 6) is 0.426. The first-order valence-electron chi connectivity index (χ1n) is 9.97. The summed E-state index contributed by atoms with van der Waals surface area (Å²) in [6.07, 6.45) is 3.87. The molecule has 31 heavy (non-hydrogen) atoms. The van der Waals surface area contributed by atoms with Crippen LogP contribution in [-0.2, 0) is 21.4 Å². The second-order valence-electron chi connectivity index (χ2n) is 7.47. The predicted molar refractivity (Wildman–Crippen MR) is 132 cm³/mol. The van der Waals surface area contributed by atoms with E-state index in [1.807, 2.05) is 79.8 Å². The van der Waals surface area contributed by atoms with Crippen molar-refractivity contribution in [1.29, 1.82) is 0 Å². The van der Waals surface area contributed by atoms with Crippen molar-refractivity contribution in [2.75, 3.05) is 38.1 Å². The third-order valence-corrected chi connectivity index (χ3v) is 6.45. The van der Waals surface area contributed by atoms with Gasteiger partial charge in [-0.25, -0.2) is 8.42 Å². The lowest BCUT2D eigenvalue weighted by Crippen LogP contribution is -2.46. The van der Waals surface area contributed by atoms with Crippen LogP contribution < -0.4 is 9.62 Å². The molecule has 0 bridgehead atoms. The van der Waals surface area contributed by atoms with Gasteiger partial charge in [-0.2, -0.15) is 16.5 Å². The number of sulfonamides is 1. The van der Waals surface area contributed by atoms with Crippen LogP contribution in [0.25, 0.3) is 6.08 Å². The van der Waals surface area contributed by atoms with Crippen molar-refractivity contribution >= 4 is 39.5 Å². The number of amides is 1. The van der Waals surface area contributed by atoms with E-state index in [0.717, 1.165) is 22.2 Å². The van der Waals surface area contributed by atoms with E-state index in [0.29, 0.717) is 18.7 Å². The van der Waals surface area contributed by atoms with Crippen molar-refractivity contribution in [3.63, 3.8) is 0 Å². The molecule has 6 nitrogen and oxygen atoms in total. The minimum Gasteiger partial charge on any atom is -0.378 e. The zero-order valence-corrected chi connectivity index (χ0v) is 20.1. The third-order valence-electron chi connectivity index (χ3n) is 4.70. The molecule has 8 heteroatoms. The van der Waals surface area contributed by atoms with Crippen LogP contribution >= 0.6 is 11.8 Å². The fraction of sp³-hybridized carbons (Fsp3) is 0.348. The Balaban J connectivity index is 2.08. The van der Waals surface area contributed by atoms with Gasteiger partial charge in [0, 0.05) is 38.8 Å². The van der Waals surface area contributed by atoms with Gasteiger partial charge in [0.15, 0.2) is 0 Å². The van der Waals surface area contributed by atoms with E-state index in [-0.39, 0.29) is 5.91 Å². The average Bonchev–Trinajstić information content (AvgIpc) is 2.76. The summed E-state index contributed by atoms with van der Waals surface area (Å²) < 4.78 is 27.7. The van der Waals surface area contributed by atoms with Crippen molar-refractivity contribution in [3.8, 4) is 0 Å². The molecular weight excluding hydrogens is 430 g/mol. The minimum absolute atomic E-state index is 0.248. The van der Waals surface area contributed by atoms with Crippen molar-refractivity contribution in [3.05, 3.63) is 71.1 Å². The largest absolute Gasteiger partial charge is 0.378 e. The molecule has 0 aromatic heterocycles. The number of hydrogen-bond donors (Lipinski definition) is 1. The van der Waals surface area contributed by atoms with Crippen LogP contribution in [0.1, 0.15) is 17.5 Å². The van der Waals surface area contributed by atoms with Crippen LogP contribution in [0.15, 0.2) is 60.0 Å². The molecule has 0 aliphatic heterocycles. The lowest BCUT2D eigenvalue weighted by atomic mass is 10.1. The van der Waals surface area contributed by atoms with E-state index in [4.69, 9.17) is 0 Å². The summed E-state index contributed by atoms with van der Waals surface area (Å²) in [7, 11) is 1.87. The van der Waals surface area contributed by atoms with Gasteiger partial charge in [-0.1, -0.05) is 42.5 Å². The first-order valence-corrected chi connectivity index (χ1v) is 12.9. The average molecular weight is 462 g/mol. The molecular formula is C23H31N3O3S2. The maximum atomic E-state index is 13.0. The number of hydrogen-bond acceptors (Lipinski definition) is 5. The zero-order valence-electron chi connectivity index (χ0n) is 18.5. The van der Waals surface area contributed by atoms with Gasteiger partial charge in [0.1, 0.15) is 6.04 Å². The fourth-order valence-corrected chi connectivity index (χ4v) is 4.46. The molecule has 168 valence electrons. The Morgan fingerprint density at radius 2 is 1.71 bits per heavy atom. The van der Waals surface area contributed by atoms with Crippen molar-refractivity contribution in [2.24, 2.45) is 0 Å². The Kier molecular flexibility index (Phi) is 9.61. The molecule has 0 aliphatic carbocycles. The number of rotatable bonds is 11. The molecule has 2 rings (SSSR count). The van der Waals surface area contributed by atoms with Crippen LogP contribution in [0.5, 0.6) is 0 Å². The molecule has 0 fully saturated rings. The number of anilines is 1. The van der Waals surface area contributed by atoms with Crippen LogP contribution in [0.3, 0.4) is 0 Å².